The number of ether oxygens (including phenoxy) is 1. The van der Waals surface area contributed by atoms with Crippen LogP contribution < -0.4 is 0 Å². The van der Waals surface area contributed by atoms with Crippen molar-refractivity contribution in [1.29, 1.82) is 0 Å². The van der Waals surface area contributed by atoms with Crippen LogP contribution in [0.2, 0.25) is 0 Å². The molecule has 0 aliphatic carbocycles. The Bertz CT molecular complexity index is 147. The Balaban J connectivity index is 2.52. The molecule has 0 aromatic heterocycles. The second kappa shape index (κ2) is 4.97. The number of methoxy groups -OCH3 is 1. The molecular formula is C11H23NO. The highest BCUT2D eigenvalue weighted by Gasteiger charge is 2.28. The van der Waals surface area contributed by atoms with E-state index in [1.807, 2.05) is 7.11 Å². The Kier molecular flexibility index (Phi) is 4.20. The van der Waals surface area contributed by atoms with Gasteiger partial charge >= 0.3 is 0 Å². The lowest BCUT2D eigenvalue weighted by molar-refractivity contribution is -0.00908. The van der Waals surface area contributed by atoms with Gasteiger partial charge in [-0.25, -0.2) is 0 Å². The molecule has 0 bridgehead atoms. The Morgan fingerprint density at radius 3 is 2.54 bits per heavy atom. The topological polar surface area (TPSA) is 12.5 Å². The van der Waals surface area contributed by atoms with Gasteiger partial charge in [0.05, 0.1) is 6.10 Å². The van der Waals surface area contributed by atoms with Crippen LogP contribution >= 0.6 is 0 Å². The van der Waals surface area contributed by atoms with Crippen LogP contribution in [0.15, 0.2) is 0 Å². The summed E-state index contributed by atoms with van der Waals surface area (Å²) in [6, 6.07) is 1.44. The van der Waals surface area contributed by atoms with Gasteiger partial charge in [0.25, 0.3) is 0 Å². The van der Waals surface area contributed by atoms with Gasteiger partial charge < -0.3 is 4.74 Å². The van der Waals surface area contributed by atoms with Crippen molar-refractivity contribution in [3.63, 3.8) is 0 Å². The van der Waals surface area contributed by atoms with Gasteiger partial charge in [-0.3, -0.25) is 4.90 Å². The van der Waals surface area contributed by atoms with E-state index in [2.05, 4.69) is 25.7 Å². The molecule has 1 saturated heterocycles. The van der Waals surface area contributed by atoms with Crippen LogP contribution in [0.25, 0.3) is 0 Å². The molecule has 0 spiro atoms. The fourth-order valence-electron chi connectivity index (χ4n) is 2.28. The third kappa shape index (κ3) is 2.68. The molecule has 0 radical (unpaired) electrons. The molecule has 0 aromatic rings. The number of rotatable bonds is 3. The molecule has 1 heterocycles. The number of hydrogen-bond donors (Lipinski definition) is 0. The SMILES string of the molecule is CCC1CCC(OC)CN1C(C)C. The first-order valence-corrected chi connectivity index (χ1v) is 5.47. The predicted octanol–water partition coefficient (Wildman–Crippen LogP) is 2.28. The molecule has 0 saturated carbocycles. The van der Waals surface area contributed by atoms with Gasteiger partial charge in [-0.15, -0.1) is 0 Å². The number of piperidine rings is 1. The summed E-state index contributed by atoms with van der Waals surface area (Å²) in [5, 5.41) is 0. The van der Waals surface area contributed by atoms with E-state index in [1.54, 1.807) is 0 Å². The molecule has 1 fully saturated rings. The van der Waals surface area contributed by atoms with Gasteiger partial charge in [0.15, 0.2) is 0 Å². The standard InChI is InChI=1S/C11H23NO/c1-5-10-6-7-11(13-4)8-12(10)9(2)3/h9-11H,5-8H2,1-4H3. The van der Waals surface area contributed by atoms with Crippen molar-refractivity contribution < 1.29 is 4.74 Å². The molecule has 1 aliphatic rings. The average molecular weight is 185 g/mol. The van der Waals surface area contributed by atoms with Gasteiger partial charge in [0.2, 0.25) is 0 Å². The molecule has 1 aliphatic heterocycles. The molecule has 13 heavy (non-hydrogen) atoms. The number of likely N-dealkylation sites (tertiary alicyclic amines) is 1. The molecule has 1 rings (SSSR count). The van der Waals surface area contributed by atoms with Gasteiger partial charge in [0.1, 0.15) is 0 Å². The maximum absolute atomic E-state index is 5.42. The van der Waals surface area contributed by atoms with Crippen molar-refractivity contribution in [2.75, 3.05) is 13.7 Å². The van der Waals surface area contributed by atoms with Crippen molar-refractivity contribution in [3.8, 4) is 0 Å². The monoisotopic (exact) mass is 185 g/mol. The van der Waals surface area contributed by atoms with Crippen molar-refractivity contribution in [3.05, 3.63) is 0 Å². The largest absolute Gasteiger partial charge is 0.380 e. The maximum atomic E-state index is 5.42. The summed E-state index contributed by atoms with van der Waals surface area (Å²) in [4.78, 5) is 2.58. The molecule has 78 valence electrons. The summed E-state index contributed by atoms with van der Waals surface area (Å²) in [6.45, 7) is 7.96. The third-order valence-electron chi connectivity index (χ3n) is 3.17. The second-order valence-corrected chi connectivity index (χ2v) is 4.29. The van der Waals surface area contributed by atoms with Gasteiger partial charge in [-0.1, -0.05) is 6.92 Å². The molecule has 0 N–H and O–H groups in total. The van der Waals surface area contributed by atoms with Crippen LogP contribution in [0, 0.1) is 0 Å². The van der Waals surface area contributed by atoms with Gasteiger partial charge in [-0.05, 0) is 33.1 Å². The fraction of sp³-hybridized carbons (Fsp3) is 1.00. The quantitative estimate of drug-likeness (QED) is 0.669. The van der Waals surface area contributed by atoms with Crippen LogP contribution in [0.4, 0.5) is 0 Å². The van der Waals surface area contributed by atoms with Crippen LogP contribution in [0.5, 0.6) is 0 Å². The average Bonchev–Trinajstić information content (AvgIpc) is 2.16. The first-order chi connectivity index (χ1) is 6.19. The smallest absolute Gasteiger partial charge is 0.0699 e. The Morgan fingerprint density at radius 2 is 2.08 bits per heavy atom. The summed E-state index contributed by atoms with van der Waals surface area (Å²) >= 11 is 0. The van der Waals surface area contributed by atoms with Gasteiger partial charge in [-0.2, -0.15) is 0 Å². The minimum atomic E-state index is 0.463. The highest BCUT2D eigenvalue weighted by Crippen LogP contribution is 2.23. The minimum absolute atomic E-state index is 0.463. The number of hydrogen-bond acceptors (Lipinski definition) is 2. The Morgan fingerprint density at radius 1 is 1.38 bits per heavy atom. The van der Waals surface area contributed by atoms with E-state index in [4.69, 9.17) is 4.74 Å². The van der Waals surface area contributed by atoms with Gasteiger partial charge in [0, 0.05) is 25.7 Å². The molecule has 0 amide bonds. The molecule has 2 atom stereocenters. The molecule has 2 nitrogen and oxygen atoms in total. The van der Waals surface area contributed by atoms with Crippen molar-refractivity contribution in [2.45, 2.75) is 58.2 Å². The lowest BCUT2D eigenvalue weighted by Gasteiger charge is -2.41. The predicted molar refractivity (Wildman–Crippen MR) is 56.0 cm³/mol. The Hall–Kier alpha value is -0.0800. The maximum Gasteiger partial charge on any atom is 0.0699 e. The van der Waals surface area contributed by atoms with Crippen molar-refractivity contribution >= 4 is 0 Å². The Labute approximate surface area is 82.3 Å². The van der Waals surface area contributed by atoms with E-state index < -0.39 is 0 Å². The van der Waals surface area contributed by atoms with E-state index in [0.29, 0.717) is 12.1 Å². The third-order valence-corrected chi connectivity index (χ3v) is 3.17. The molecule has 0 aromatic carbocycles. The molecule has 2 heteroatoms. The zero-order chi connectivity index (χ0) is 9.84. The molecular weight excluding hydrogens is 162 g/mol. The summed E-state index contributed by atoms with van der Waals surface area (Å²) in [7, 11) is 1.83. The highest BCUT2D eigenvalue weighted by atomic mass is 16.5. The lowest BCUT2D eigenvalue weighted by atomic mass is 9.96. The van der Waals surface area contributed by atoms with E-state index >= 15 is 0 Å². The van der Waals surface area contributed by atoms with E-state index in [9.17, 15) is 0 Å². The van der Waals surface area contributed by atoms with E-state index in [-0.39, 0.29) is 0 Å². The van der Waals surface area contributed by atoms with Crippen LogP contribution in [-0.2, 0) is 4.74 Å². The summed E-state index contributed by atoms with van der Waals surface area (Å²) in [5.74, 6) is 0. The second-order valence-electron chi connectivity index (χ2n) is 4.29. The van der Waals surface area contributed by atoms with Crippen LogP contribution in [0.1, 0.15) is 40.0 Å². The normalized spacial score (nSPS) is 31.2. The zero-order valence-electron chi connectivity index (χ0n) is 9.42. The van der Waals surface area contributed by atoms with Crippen molar-refractivity contribution in [1.82, 2.24) is 4.90 Å². The van der Waals surface area contributed by atoms with Crippen molar-refractivity contribution in [2.24, 2.45) is 0 Å². The first kappa shape index (κ1) is 11.0. The van der Waals surface area contributed by atoms with Crippen LogP contribution in [0.3, 0.4) is 0 Å². The zero-order valence-corrected chi connectivity index (χ0v) is 9.42. The van der Waals surface area contributed by atoms with E-state index in [0.717, 1.165) is 12.6 Å². The highest BCUT2D eigenvalue weighted by molar-refractivity contribution is 4.83. The number of nitrogens with zero attached hydrogens (tertiary/aromatic N) is 1. The summed E-state index contributed by atoms with van der Waals surface area (Å²) in [5.41, 5.74) is 0. The van der Waals surface area contributed by atoms with Crippen LogP contribution in [-0.4, -0.2) is 36.7 Å². The van der Waals surface area contributed by atoms with E-state index in [1.165, 1.54) is 19.3 Å². The first-order valence-electron chi connectivity index (χ1n) is 5.47. The lowest BCUT2D eigenvalue weighted by Crippen LogP contribution is -2.49. The summed E-state index contributed by atoms with van der Waals surface area (Å²) < 4.78 is 5.42. The molecule has 2 unspecified atom stereocenters. The minimum Gasteiger partial charge on any atom is -0.380 e. The summed E-state index contributed by atoms with van der Waals surface area (Å²) in [6.07, 6.45) is 4.27. The fourth-order valence-corrected chi connectivity index (χ4v) is 2.28.